The number of rotatable bonds is 1. The maximum Gasteiger partial charge on any atom is 0.148 e. The van der Waals surface area contributed by atoms with Crippen molar-refractivity contribution in [2.45, 2.75) is 0 Å². The average molecular weight is 279 g/mol. The van der Waals surface area contributed by atoms with Crippen LogP contribution < -0.4 is 0 Å². The molecule has 0 heterocycles. The molecule has 100 valence electrons. The standard InChI is InChI=1S/C19H9N3/c20-10-15(11-21)18(12-22)19-16-7-3-1-5-13(16)9-14-6-2-4-8-17(14)19/h1-9H. The summed E-state index contributed by atoms with van der Waals surface area (Å²) in [6, 6.07) is 23.1. The van der Waals surface area contributed by atoms with Crippen molar-refractivity contribution in [1.82, 2.24) is 0 Å². The number of nitrogens with zero attached hydrogens (tertiary/aromatic N) is 3. The molecule has 3 aromatic rings. The van der Waals surface area contributed by atoms with Crippen LogP contribution in [0.2, 0.25) is 0 Å². The first-order valence-electron chi connectivity index (χ1n) is 6.65. The molecule has 0 unspecified atom stereocenters. The van der Waals surface area contributed by atoms with Crippen LogP contribution in [0.1, 0.15) is 5.56 Å². The molecule has 0 N–H and O–H groups in total. The highest BCUT2D eigenvalue weighted by Crippen LogP contribution is 2.34. The molecular formula is C19H9N3. The van der Waals surface area contributed by atoms with E-state index in [0.717, 1.165) is 21.5 Å². The second-order valence-electron chi connectivity index (χ2n) is 4.78. The summed E-state index contributed by atoms with van der Waals surface area (Å²) in [5, 5.41) is 31.5. The number of benzene rings is 3. The second-order valence-corrected chi connectivity index (χ2v) is 4.78. The molecule has 0 spiro atoms. The maximum atomic E-state index is 9.52. The van der Waals surface area contributed by atoms with E-state index in [-0.39, 0.29) is 11.1 Å². The molecule has 3 aromatic carbocycles. The molecule has 3 heteroatoms. The summed E-state index contributed by atoms with van der Waals surface area (Å²) >= 11 is 0. The van der Waals surface area contributed by atoms with Crippen molar-refractivity contribution in [3.05, 3.63) is 65.7 Å². The molecule has 0 aliphatic rings. The van der Waals surface area contributed by atoms with Crippen LogP contribution in [-0.2, 0) is 0 Å². The summed E-state index contributed by atoms with van der Waals surface area (Å²) in [4.78, 5) is 0. The summed E-state index contributed by atoms with van der Waals surface area (Å²) in [5.74, 6) is 0. The van der Waals surface area contributed by atoms with Crippen LogP contribution in [0, 0.1) is 34.0 Å². The number of nitriles is 3. The fraction of sp³-hybridized carbons (Fsp3) is 0. The molecule has 0 aromatic heterocycles. The summed E-state index contributed by atoms with van der Waals surface area (Å²) < 4.78 is 0. The Balaban J connectivity index is 2.61. The minimum Gasteiger partial charge on any atom is -0.192 e. The van der Waals surface area contributed by atoms with Gasteiger partial charge in [-0.15, -0.1) is 0 Å². The quantitative estimate of drug-likeness (QED) is 0.492. The Morgan fingerprint density at radius 2 is 1.18 bits per heavy atom. The van der Waals surface area contributed by atoms with Crippen molar-refractivity contribution in [2.75, 3.05) is 0 Å². The molecule has 0 saturated carbocycles. The van der Waals surface area contributed by atoms with Gasteiger partial charge in [0.15, 0.2) is 0 Å². The third-order valence-electron chi connectivity index (χ3n) is 3.61. The van der Waals surface area contributed by atoms with E-state index in [4.69, 9.17) is 10.5 Å². The van der Waals surface area contributed by atoms with Gasteiger partial charge in [-0.1, -0.05) is 48.5 Å². The van der Waals surface area contributed by atoms with Crippen LogP contribution >= 0.6 is 0 Å². The van der Waals surface area contributed by atoms with Gasteiger partial charge in [0.2, 0.25) is 0 Å². The predicted molar refractivity (Wildman–Crippen MR) is 85.2 cm³/mol. The van der Waals surface area contributed by atoms with E-state index in [1.54, 1.807) is 0 Å². The molecule has 0 radical (unpaired) electrons. The van der Waals surface area contributed by atoms with Crippen LogP contribution in [0.25, 0.3) is 27.1 Å². The Bertz CT molecular complexity index is 984. The minimum absolute atomic E-state index is 0.123. The summed E-state index contributed by atoms with van der Waals surface area (Å²) in [5.41, 5.74) is 0.608. The Morgan fingerprint density at radius 1 is 0.682 bits per heavy atom. The third kappa shape index (κ3) is 1.97. The molecule has 0 saturated heterocycles. The Labute approximate surface area is 127 Å². The van der Waals surface area contributed by atoms with E-state index in [0.29, 0.717) is 5.56 Å². The topological polar surface area (TPSA) is 71.4 Å². The number of hydrogen-bond acceptors (Lipinski definition) is 3. The molecule has 3 nitrogen and oxygen atoms in total. The first-order chi connectivity index (χ1) is 10.8. The number of allylic oxidation sites excluding steroid dienone is 2. The first kappa shape index (κ1) is 13.4. The van der Waals surface area contributed by atoms with Gasteiger partial charge in [-0.05, 0) is 27.6 Å². The van der Waals surface area contributed by atoms with Crippen molar-refractivity contribution in [3.8, 4) is 18.2 Å². The Morgan fingerprint density at radius 3 is 1.64 bits per heavy atom. The SMILES string of the molecule is N#CC(C#N)=C(C#N)c1c2ccccc2cc2ccccc12. The lowest BCUT2D eigenvalue weighted by atomic mass is 9.90. The third-order valence-corrected chi connectivity index (χ3v) is 3.61. The minimum atomic E-state index is -0.163. The van der Waals surface area contributed by atoms with Gasteiger partial charge in [-0.3, -0.25) is 0 Å². The van der Waals surface area contributed by atoms with E-state index in [2.05, 4.69) is 0 Å². The molecule has 0 aliphatic carbocycles. The van der Waals surface area contributed by atoms with E-state index >= 15 is 0 Å². The molecule has 0 bridgehead atoms. The lowest BCUT2D eigenvalue weighted by molar-refractivity contribution is 1.46. The van der Waals surface area contributed by atoms with E-state index < -0.39 is 0 Å². The van der Waals surface area contributed by atoms with Gasteiger partial charge in [0.1, 0.15) is 23.8 Å². The smallest absolute Gasteiger partial charge is 0.148 e. The first-order valence-corrected chi connectivity index (χ1v) is 6.65. The fourth-order valence-electron chi connectivity index (χ4n) is 2.66. The fourth-order valence-corrected chi connectivity index (χ4v) is 2.66. The number of hydrogen-bond donors (Lipinski definition) is 0. The normalized spacial score (nSPS) is 9.68. The lowest BCUT2D eigenvalue weighted by Gasteiger charge is -2.10. The molecule has 0 atom stereocenters. The van der Waals surface area contributed by atoms with Crippen molar-refractivity contribution in [2.24, 2.45) is 0 Å². The monoisotopic (exact) mass is 279 g/mol. The van der Waals surface area contributed by atoms with Crippen molar-refractivity contribution in [1.29, 1.82) is 15.8 Å². The van der Waals surface area contributed by atoms with Gasteiger partial charge in [0, 0.05) is 5.56 Å². The predicted octanol–water partition coefficient (Wildman–Crippen LogP) is 4.32. The maximum absolute atomic E-state index is 9.52. The van der Waals surface area contributed by atoms with Gasteiger partial charge in [-0.2, -0.15) is 15.8 Å². The Hall–Kier alpha value is -3.61. The highest BCUT2D eigenvalue weighted by atomic mass is 14.3. The Kier molecular flexibility index (Phi) is 3.29. The molecule has 0 amide bonds. The van der Waals surface area contributed by atoms with Crippen LogP contribution in [0.4, 0.5) is 0 Å². The van der Waals surface area contributed by atoms with Gasteiger partial charge >= 0.3 is 0 Å². The molecule has 22 heavy (non-hydrogen) atoms. The molecule has 0 fully saturated rings. The van der Waals surface area contributed by atoms with Gasteiger partial charge < -0.3 is 0 Å². The average Bonchev–Trinajstić information content (AvgIpc) is 2.58. The highest BCUT2D eigenvalue weighted by Gasteiger charge is 2.15. The van der Waals surface area contributed by atoms with E-state index in [1.807, 2.05) is 72.8 Å². The molecule has 3 rings (SSSR count). The van der Waals surface area contributed by atoms with Crippen LogP contribution in [-0.4, -0.2) is 0 Å². The van der Waals surface area contributed by atoms with Gasteiger partial charge in [0.25, 0.3) is 0 Å². The van der Waals surface area contributed by atoms with Crippen molar-refractivity contribution < 1.29 is 0 Å². The molecular weight excluding hydrogens is 270 g/mol. The zero-order valence-corrected chi connectivity index (χ0v) is 11.5. The molecule has 0 aliphatic heterocycles. The zero-order chi connectivity index (χ0) is 15.5. The number of fused-ring (bicyclic) bond motifs is 2. The highest BCUT2D eigenvalue weighted by molar-refractivity contribution is 6.12. The summed E-state index contributed by atoms with van der Waals surface area (Å²) in [6.07, 6.45) is 0. The van der Waals surface area contributed by atoms with E-state index in [9.17, 15) is 5.26 Å². The van der Waals surface area contributed by atoms with Crippen molar-refractivity contribution >= 4 is 27.1 Å². The van der Waals surface area contributed by atoms with E-state index in [1.165, 1.54) is 0 Å². The largest absolute Gasteiger partial charge is 0.192 e. The van der Waals surface area contributed by atoms with Crippen molar-refractivity contribution in [3.63, 3.8) is 0 Å². The summed E-state index contributed by atoms with van der Waals surface area (Å²) in [6.45, 7) is 0. The van der Waals surface area contributed by atoms with Crippen LogP contribution in [0.15, 0.2) is 60.2 Å². The van der Waals surface area contributed by atoms with Crippen LogP contribution in [0.3, 0.4) is 0 Å². The van der Waals surface area contributed by atoms with Gasteiger partial charge in [0.05, 0.1) is 5.57 Å². The lowest BCUT2D eigenvalue weighted by Crippen LogP contribution is -1.91. The zero-order valence-electron chi connectivity index (χ0n) is 11.5. The van der Waals surface area contributed by atoms with Crippen LogP contribution in [0.5, 0.6) is 0 Å². The summed E-state index contributed by atoms with van der Waals surface area (Å²) in [7, 11) is 0. The second kappa shape index (κ2) is 5.41. The van der Waals surface area contributed by atoms with Gasteiger partial charge in [-0.25, -0.2) is 0 Å².